The molecule has 1 N–H and O–H groups in total. The zero-order chi connectivity index (χ0) is 11.0. The van der Waals surface area contributed by atoms with Gasteiger partial charge in [-0.05, 0) is 12.1 Å². The van der Waals surface area contributed by atoms with Crippen LogP contribution in [-0.4, -0.2) is 19.0 Å². The Hall–Kier alpha value is -1.91. The molecule has 0 spiro atoms. The number of halogens is 1. The molecule has 1 heterocycles. The third kappa shape index (κ3) is 1.45. The van der Waals surface area contributed by atoms with Crippen LogP contribution in [0.2, 0.25) is 0 Å². The van der Waals surface area contributed by atoms with Crippen molar-refractivity contribution in [3.8, 4) is 0 Å². The summed E-state index contributed by atoms with van der Waals surface area (Å²) in [5, 5.41) is 2.36. The molecule has 0 atom stereocenters. The Morgan fingerprint density at radius 1 is 1.53 bits per heavy atom. The SMILES string of the molecule is COC(=O)c1ccc(F)c2c1CC(=O)N2. The molecule has 1 amide bonds. The largest absolute Gasteiger partial charge is 0.465 e. The van der Waals surface area contributed by atoms with Crippen molar-refractivity contribution >= 4 is 17.6 Å². The van der Waals surface area contributed by atoms with Gasteiger partial charge >= 0.3 is 5.97 Å². The number of methoxy groups -OCH3 is 1. The summed E-state index contributed by atoms with van der Waals surface area (Å²) in [5.74, 6) is -1.42. The van der Waals surface area contributed by atoms with Gasteiger partial charge in [-0.2, -0.15) is 0 Å². The van der Waals surface area contributed by atoms with Crippen molar-refractivity contribution in [2.45, 2.75) is 6.42 Å². The van der Waals surface area contributed by atoms with Gasteiger partial charge in [-0.15, -0.1) is 0 Å². The molecule has 78 valence electrons. The monoisotopic (exact) mass is 209 g/mol. The Morgan fingerprint density at radius 2 is 2.27 bits per heavy atom. The number of esters is 1. The van der Waals surface area contributed by atoms with Crippen LogP contribution in [-0.2, 0) is 16.0 Å². The van der Waals surface area contributed by atoms with Crippen LogP contribution in [0.1, 0.15) is 15.9 Å². The first-order valence-corrected chi connectivity index (χ1v) is 4.33. The molecule has 0 saturated heterocycles. The number of benzene rings is 1. The molecule has 4 nitrogen and oxygen atoms in total. The van der Waals surface area contributed by atoms with Gasteiger partial charge < -0.3 is 10.1 Å². The van der Waals surface area contributed by atoms with Crippen LogP contribution in [0.4, 0.5) is 10.1 Å². The van der Waals surface area contributed by atoms with Crippen LogP contribution in [0.15, 0.2) is 12.1 Å². The maximum Gasteiger partial charge on any atom is 0.338 e. The minimum Gasteiger partial charge on any atom is -0.465 e. The highest BCUT2D eigenvalue weighted by Crippen LogP contribution is 2.29. The number of carbonyl (C=O) groups excluding carboxylic acids is 2. The average molecular weight is 209 g/mol. The second-order valence-electron chi connectivity index (χ2n) is 3.17. The molecule has 1 aliphatic heterocycles. The van der Waals surface area contributed by atoms with Crippen molar-refractivity contribution in [3.05, 3.63) is 29.1 Å². The summed E-state index contributed by atoms with van der Waals surface area (Å²) in [6, 6.07) is 2.46. The van der Waals surface area contributed by atoms with E-state index in [1.54, 1.807) is 0 Å². The van der Waals surface area contributed by atoms with Gasteiger partial charge in [0.25, 0.3) is 0 Å². The van der Waals surface area contributed by atoms with Crippen molar-refractivity contribution in [2.24, 2.45) is 0 Å². The molecule has 0 unspecified atom stereocenters. The van der Waals surface area contributed by atoms with Crippen molar-refractivity contribution in [3.63, 3.8) is 0 Å². The molecule has 0 saturated carbocycles. The molecule has 0 fully saturated rings. The zero-order valence-corrected chi connectivity index (χ0v) is 7.96. The summed E-state index contributed by atoms with van der Waals surface area (Å²) in [6.07, 6.45) is 0.0114. The van der Waals surface area contributed by atoms with Crippen LogP contribution in [0.3, 0.4) is 0 Å². The number of amides is 1. The highest BCUT2D eigenvalue weighted by Gasteiger charge is 2.26. The molecular formula is C10H8FNO3. The van der Waals surface area contributed by atoms with Crippen molar-refractivity contribution < 1.29 is 18.7 Å². The van der Waals surface area contributed by atoms with E-state index in [9.17, 15) is 14.0 Å². The number of ether oxygens (including phenoxy) is 1. The Labute approximate surface area is 85.0 Å². The first kappa shape index (κ1) is 9.64. The van der Waals surface area contributed by atoms with Gasteiger partial charge in [0.05, 0.1) is 24.8 Å². The first-order valence-electron chi connectivity index (χ1n) is 4.33. The molecule has 5 heteroatoms. The molecular weight excluding hydrogens is 201 g/mol. The second-order valence-corrected chi connectivity index (χ2v) is 3.17. The molecule has 0 radical (unpaired) electrons. The lowest BCUT2D eigenvalue weighted by atomic mass is 10.0. The second kappa shape index (κ2) is 3.34. The predicted octanol–water partition coefficient (Wildman–Crippen LogP) is 1.11. The van der Waals surface area contributed by atoms with E-state index in [0.29, 0.717) is 5.56 Å². The van der Waals surface area contributed by atoms with E-state index in [-0.39, 0.29) is 23.6 Å². The normalized spacial score (nSPS) is 13.3. The van der Waals surface area contributed by atoms with E-state index in [0.717, 1.165) is 6.07 Å². The van der Waals surface area contributed by atoms with E-state index in [1.165, 1.54) is 13.2 Å². The van der Waals surface area contributed by atoms with Gasteiger partial charge in [0, 0.05) is 5.56 Å². The van der Waals surface area contributed by atoms with Crippen molar-refractivity contribution in [1.29, 1.82) is 0 Å². The maximum absolute atomic E-state index is 13.2. The summed E-state index contributed by atoms with van der Waals surface area (Å²) in [5.41, 5.74) is 0.682. The minimum absolute atomic E-state index is 0.0114. The summed E-state index contributed by atoms with van der Waals surface area (Å²) < 4.78 is 17.8. The molecule has 1 aliphatic rings. The van der Waals surface area contributed by atoms with Crippen LogP contribution in [0.5, 0.6) is 0 Å². The van der Waals surface area contributed by atoms with Gasteiger partial charge in [0.2, 0.25) is 5.91 Å². The lowest BCUT2D eigenvalue weighted by molar-refractivity contribution is -0.115. The van der Waals surface area contributed by atoms with Crippen LogP contribution >= 0.6 is 0 Å². The van der Waals surface area contributed by atoms with Crippen LogP contribution < -0.4 is 5.32 Å². The topological polar surface area (TPSA) is 55.4 Å². The van der Waals surface area contributed by atoms with Crippen LogP contribution in [0.25, 0.3) is 0 Å². The predicted molar refractivity (Wildman–Crippen MR) is 50.1 cm³/mol. The molecule has 0 bridgehead atoms. The standard InChI is InChI=1S/C10H8FNO3/c1-15-10(14)5-2-3-7(11)9-6(5)4-8(13)12-9/h2-3H,4H2,1H3,(H,12,13). The highest BCUT2D eigenvalue weighted by molar-refractivity contribution is 6.04. The van der Waals surface area contributed by atoms with Crippen molar-refractivity contribution in [1.82, 2.24) is 0 Å². The van der Waals surface area contributed by atoms with E-state index >= 15 is 0 Å². The smallest absolute Gasteiger partial charge is 0.338 e. The Kier molecular flexibility index (Phi) is 2.15. The number of nitrogens with one attached hydrogen (secondary N) is 1. The van der Waals surface area contributed by atoms with E-state index in [4.69, 9.17) is 0 Å². The molecule has 2 rings (SSSR count). The number of hydrogen-bond donors (Lipinski definition) is 1. The summed E-state index contributed by atoms with van der Waals surface area (Å²) in [7, 11) is 1.24. The summed E-state index contributed by atoms with van der Waals surface area (Å²) >= 11 is 0. The number of hydrogen-bond acceptors (Lipinski definition) is 3. The molecule has 15 heavy (non-hydrogen) atoms. The van der Waals surface area contributed by atoms with E-state index < -0.39 is 11.8 Å². The maximum atomic E-state index is 13.2. The van der Waals surface area contributed by atoms with E-state index in [2.05, 4.69) is 10.1 Å². The number of anilines is 1. The fourth-order valence-electron chi connectivity index (χ4n) is 1.58. The summed E-state index contributed by atoms with van der Waals surface area (Å²) in [4.78, 5) is 22.4. The molecule has 1 aromatic rings. The summed E-state index contributed by atoms with van der Waals surface area (Å²) in [6.45, 7) is 0. The fourth-order valence-corrected chi connectivity index (χ4v) is 1.58. The van der Waals surface area contributed by atoms with Gasteiger partial charge in [0.1, 0.15) is 5.82 Å². The quantitative estimate of drug-likeness (QED) is 0.705. The number of carbonyl (C=O) groups is 2. The average Bonchev–Trinajstić information content (AvgIpc) is 2.60. The Morgan fingerprint density at radius 3 is 2.93 bits per heavy atom. The fraction of sp³-hybridized carbons (Fsp3) is 0.200. The Bertz CT molecular complexity index is 456. The van der Waals surface area contributed by atoms with Gasteiger partial charge in [-0.1, -0.05) is 0 Å². The lowest BCUT2D eigenvalue weighted by Gasteiger charge is -2.05. The van der Waals surface area contributed by atoms with Crippen LogP contribution in [0, 0.1) is 5.82 Å². The molecule has 0 aliphatic carbocycles. The first-order chi connectivity index (χ1) is 7.13. The highest BCUT2D eigenvalue weighted by atomic mass is 19.1. The molecule has 0 aromatic heterocycles. The van der Waals surface area contributed by atoms with Gasteiger partial charge in [0.15, 0.2) is 0 Å². The Balaban J connectivity index is 2.57. The van der Waals surface area contributed by atoms with Gasteiger partial charge in [-0.3, -0.25) is 4.79 Å². The number of fused-ring (bicyclic) bond motifs is 1. The lowest BCUT2D eigenvalue weighted by Crippen LogP contribution is -2.05. The number of rotatable bonds is 1. The van der Waals surface area contributed by atoms with Crippen molar-refractivity contribution in [2.75, 3.05) is 12.4 Å². The van der Waals surface area contributed by atoms with Gasteiger partial charge in [-0.25, -0.2) is 9.18 Å². The molecule has 1 aromatic carbocycles. The zero-order valence-electron chi connectivity index (χ0n) is 7.96. The van der Waals surface area contributed by atoms with E-state index in [1.807, 2.05) is 0 Å². The minimum atomic E-state index is -0.567. The third-order valence-corrected chi connectivity index (χ3v) is 2.27. The third-order valence-electron chi connectivity index (χ3n) is 2.27.